The van der Waals surface area contributed by atoms with Crippen LogP contribution >= 0.6 is 0 Å². The molecule has 98 valence electrons. The van der Waals surface area contributed by atoms with Gasteiger partial charge in [-0.3, -0.25) is 0 Å². The van der Waals surface area contributed by atoms with E-state index in [2.05, 4.69) is 20.8 Å². The molecule has 4 heteroatoms. The van der Waals surface area contributed by atoms with Gasteiger partial charge in [0, 0.05) is 10.8 Å². The smallest absolute Gasteiger partial charge is 0.342 e. The van der Waals surface area contributed by atoms with Crippen LogP contribution in [0.5, 0.6) is 0 Å². The third kappa shape index (κ3) is 1.54. The first kappa shape index (κ1) is 12.8. The zero-order chi connectivity index (χ0) is 12.7. The van der Waals surface area contributed by atoms with Gasteiger partial charge in [-0.1, -0.05) is 27.7 Å². The van der Waals surface area contributed by atoms with Crippen molar-refractivity contribution in [1.29, 1.82) is 0 Å². The van der Waals surface area contributed by atoms with E-state index in [0.29, 0.717) is 19.6 Å². The van der Waals surface area contributed by atoms with Crippen LogP contribution < -0.4 is 0 Å². The van der Waals surface area contributed by atoms with E-state index in [-0.39, 0.29) is 16.8 Å². The number of hydrogen-bond donors (Lipinski definition) is 0. The minimum Gasteiger partial charge on any atom is -0.463 e. The van der Waals surface area contributed by atoms with Gasteiger partial charge in [0.15, 0.2) is 0 Å². The zero-order valence-electron chi connectivity index (χ0n) is 11.2. The zero-order valence-corrected chi connectivity index (χ0v) is 11.2. The lowest BCUT2D eigenvalue weighted by molar-refractivity contribution is -0.414. The van der Waals surface area contributed by atoms with Gasteiger partial charge in [0.1, 0.15) is 0 Å². The highest BCUT2D eigenvalue weighted by molar-refractivity contribution is 5.81. The fraction of sp³-hybridized carbons (Fsp3) is 0.923. The lowest BCUT2D eigenvalue weighted by Crippen LogP contribution is -2.59. The van der Waals surface area contributed by atoms with Crippen molar-refractivity contribution in [2.45, 2.75) is 52.6 Å². The summed E-state index contributed by atoms with van der Waals surface area (Å²) < 4.78 is 5.29. The molecule has 2 bridgehead atoms. The maximum Gasteiger partial charge on any atom is 0.342 e. The van der Waals surface area contributed by atoms with Gasteiger partial charge in [0.2, 0.25) is 5.60 Å². The highest BCUT2D eigenvalue weighted by atomic mass is 17.2. The molecule has 4 nitrogen and oxygen atoms in total. The fourth-order valence-corrected chi connectivity index (χ4v) is 2.93. The van der Waals surface area contributed by atoms with E-state index in [1.165, 1.54) is 0 Å². The highest BCUT2D eigenvalue weighted by Gasteiger charge is 2.69. The summed E-state index contributed by atoms with van der Waals surface area (Å²) >= 11 is 0. The molecular formula is C13H22O4. The highest BCUT2D eigenvalue weighted by Crippen LogP contribution is 2.62. The molecule has 0 radical (unpaired) electrons. The molecule has 2 rings (SSSR count). The summed E-state index contributed by atoms with van der Waals surface area (Å²) in [6.45, 7) is 9.28. The summed E-state index contributed by atoms with van der Waals surface area (Å²) in [5, 5.41) is 0. The molecule has 0 aromatic rings. The van der Waals surface area contributed by atoms with E-state index < -0.39 is 5.60 Å². The van der Waals surface area contributed by atoms with E-state index in [4.69, 9.17) is 14.5 Å². The molecule has 1 aliphatic carbocycles. The molecule has 0 aromatic heterocycles. The Morgan fingerprint density at radius 3 is 2.65 bits per heavy atom. The van der Waals surface area contributed by atoms with Gasteiger partial charge < -0.3 is 4.74 Å². The Morgan fingerprint density at radius 1 is 1.29 bits per heavy atom. The maximum atomic E-state index is 12.3. The van der Waals surface area contributed by atoms with Crippen molar-refractivity contribution < 1.29 is 19.3 Å². The average Bonchev–Trinajstić information content (AvgIpc) is 2.44. The molecule has 2 atom stereocenters. The van der Waals surface area contributed by atoms with Crippen LogP contribution in [0.25, 0.3) is 0 Å². The predicted octanol–water partition coefficient (Wildman–Crippen LogP) is 2.47. The SMILES string of the molecule is CCCOC(=O)C12CCC(C)(COO1)C2(C)C. The van der Waals surface area contributed by atoms with Gasteiger partial charge in [0.05, 0.1) is 13.2 Å². The molecule has 2 aliphatic rings. The standard InChI is InChI=1S/C13H22O4/c1-5-8-15-10(14)13-7-6-12(4,9-16-17-13)11(13,2)3/h5-9H2,1-4H3. The lowest BCUT2D eigenvalue weighted by atomic mass is 9.64. The molecule has 1 heterocycles. The quantitative estimate of drug-likeness (QED) is 0.563. The molecule has 0 N–H and O–H groups in total. The molecule has 2 unspecified atom stereocenters. The monoisotopic (exact) mass is 242 g/mol. The van der Waals surface area contributed by atoms with Crippen LogP contribution in [0.3, 0.4) is 0 Å². The van der Waals surface area contributed by atoms with Crippen molar-refractivity contribution in [2.75, 3.05) is 13.2 Å². The molecule has 2 fully saturated rings. The van der Waals surface area contributed by atoms with Crippen LogP contribution in [0.15, 0.2) is 0 Å². The molecule has 1 aliphatic heterocycles. The minimum atomic E-state index is -0.921. The first-order valence-electron chi connectivity index (χ1n) is 6.37. The average molecular weight is 242 g/mol. The molecule has 0 aromatic carbocycles. The topological polar surface area (TPSA) is 44.8 Å². The van der Waals surface area contributed by atoms with Gasteiger partial charge in [-0.05, 0) is 19.3 Å². The van der Waals surface area contributed by atoms with Gasteiger partial charge in [0.25, 0.3) is 0 Å². The van der Waals surface area contributed by atoms with Crippen molar-refractivity contribution >= 4 is 5.97 Å². The first-order chi connectivity index (χ1) is 7.90. The summed E-state index contributed by atoms with van der Waals surface area (Å²) in [6, 6.07) is 0. The second-order valence-electron chi connectivity index (χ2n) is 5.99. The van der Waals surface area contributed by atoms with Crippen molar-refractivity contribution in [2.24, 2.45) is 10.8 Å². The molecule has 17 heavy (non-hydrogen) atoms. The fourth-order valence-electron chi connectivity index (χ4n) is 2.93. The van der Waals surface area contributed by atoms with Crippen molar-refractivity contribution in [1.82, 2.24) is 0 Å². The Kier molecular flexibility index (Phi) is 2.99. The van der Waals surface area contributed by atoms with Crippen LogP contribution in [0.4, 0.5) is 0 Å². The van der Waals surface area contributed by atoms with E-state index >= 15 is 0 Å². The molecular weight excluding hydrogens is 220 g/mol. The Labute approximate surface area is 103 Å². The number of carbonyl (C=O) groups is 1. The number of ether oxygens (including phenoxy) is 1. The summed E-state index contributed by atoms with van der Waals surface area (Å²) in [5.41, 5.74) is -1.20. The molecule has 0 spiro atoms. The van der Waals surface area contributed by atoms with Crippen LogP contribution in [0.1, 0.15) is 47.0 Å². The van der Waals surface area contributed by atoms with Crippen LogP contribution in [0, 0.1) is 10.8 Å². The van der Waals surface area contributed by atoms with E-state index in [0.717, 1.165) is 12.8 Å². The van der Waals surface area contributed by atoms with Crippen molar-refractivity contribution in [3.8, 4) is 0 Å². The van der Waals surface area contributed by atoms with Crippen molar-refractivity contribution in [3.05, 3.63) is 0 Å². The molecule has 1 saturated carbocycles. The normalized spacial score (nSPS) is 39.1. The summed E-state index contributed by atoms with van der Waals surface area (Å²) in [7, 11) is 0. The van der Waals surface area contributed by atoms with Gasteiger partial charge >= 0.3 is 5.97 Å². The predicted molar refractivity (Wildman–Crippen MR) is 62.1 cm³/mol. The second-order valence-corrected chi connectivity index (χ2v) is 5.99. The second kappa shape index (κ2) is 3.95. The number of carbonyl (C=O) groups excluding carboxylic acids is 1. The number of hydrogen-bond acceptors (Lipinski definition) is 4. The largest absolute Gasteiger partial charge is 0.463 e. The van der Waals surface area contributed by atoms with E-state index in [9.17, 15) is 4.79 Å². The van der Waals surface area contributed by atoms with Gasteiger partial charge in [-0.15, -0.1) is 0 Å². The number of esters is 1. The Hall–Kier alpha value is -0.610. The first-order valence-corrected chi connectivity index (χ1v) is 6.37. The molecule has 0 amide bonds. The van der Waals surface area contributed by atoms with Crippen LogP contribution in [-0.2, 0) is 19.3 Å². The Morgan fingerprint density at radius 2 is 2.00 bits per heavy atom. The van der Waals surface area contributed by atoms with Gasteiger partial charge in [-0.2, -0.15) is 0 Å². The van der Waals surface area contributed by atoms with E-state index in [1.54, 1.807) is 0 Å². The maximum absolute atomic E-state index is 12.3. The van der Waals surface area contributed by atoms with E-state index in [1.807, 2.05) is 6.92 Å². The number of rotatable bonds is 3. The minimum absolute atomic E-state index is 0.0174. The summed E-state index contributed by atoms with van der Waals surface area (Å²) in [6.07, 6.45) is 2.43. The van der Waals surface area contributed by atoms with Gasteiger partial charge in [-0.25, -0.2) is 14.6 Å². The Bertz CT molecular complexity index is 325. The summed E-state index contributed by atoms with van der Waals surface area (Å²) in [4.78, 5) is 22.9. The lowest BCUT2D eigenvalue weighted by Gasteiger charge is -2.49. The summed E-state index contributed by atoms with van der Waals surface area (Å²) in [5.74, 6) is -0.271. The third-order valence-electron chi connectivity index (χ3n) is 4.89. The number of fused-ring (bicyclic) bond motifs is 2. The Balaban J connectivity index is 2.27. The van der Waals surface area contributed by atoms with Crippen LogP contribution in [0.2, 0.25) is 0 Å². The third-order valence-corrected chi connectivity index (χ3v) is 4.89. The van der Waals surface area contributed by atoms with Crippen molar-refractivity contribution in [3.63, 3.8) is 0 Å². The van der Waals surface area contributed by atoms with Crippen LogP contribution in [-0.4, -0.2) is 24.8 Å². The molecule has 1 saturated heterocycles.